The number of amides is 1. The summed E-state index contributed by atoms with van der Waals surface area (Å²) in [6.07, 6.45) is -1.10. The number of nitrogens with two attached hydrogens (primary N) is 1. The van der Waals surface area contributed by atoms with Crippen molar-refractivity contribution in [1.29, 1.82) is 0 Å². The second-order valence-electron chi connectivity index (χ2n) is 5.59. The number of benzene rings is 2. The van der Waals surface area contributed by atoms with Crippen LogP contribution < -0.4 is 15.2 Å². The molecule has 1 amide bonds. The van der Waals surface area contributed by atoms with Gasteiger partial charge in [0.1, 0.15) is 11.5 Å². The second-order valence-corrected chi connectivity index (χ2v) is 5.59. The molecule has 0 unspecified atom stereocenters. The molecule has 0 saturated carbocycles. The van der Waals surface area contributed by atoms with Gasteiger partial charge in [-0.25, -0.2) is 4.79 Å². The third-order valence-electron chi connectivity index (χ3n) is 3.49. The van der Waals surface area contributed by atoms with Crippen molar-refractivity contribution < 1.29 is 37.4 Å². The molecular weight excluding hydrogens is 376 g/mol. The highest BCUT2D eigenvalue weighted by atomic mass is 19.3. The molecule has 0 bridgehead atoms. The van der Waals surface area contributed by atoms with E-state index >= 15 is 0 Å². The molecule has 0 aromatic heterocycles. The number of carbonyl (C=O) groups excluding carboxylic acids is 3. The van der Waals surface area contributed by atoms with Crippen LogP contribution in [-0.2, 0) is 9.53 Å². The predicted molar refractivity (Wildman–Crippen MR) is 93.4 cm³/mol. The smallest absolute Gasteiger partial charge is 0.387 e. The average molecular weight is 393 g/mol. The number of primary amides is 1. The molecule has 2 N–H and O–H groups in total. The first kappa shape index (κ1) is 20.8. The molecule has 0 radical (unpaired) electrons. The number of esters is 1. The van der Waals surface area contributed by atoms with Crippen LogP contribution >= 0.6 is 0 Å². The van der Waals surface area contributed by atoms with Crippen molar-refractivity contribution in [1.82, 2.24) is 0 Å². The minimum Gasteiger partial charge on any atom is -0.484 e. The van der Waals surface area contributed by atoms with Crippen molar-refractivity contribution in [3.05, 3.63) is 59.7 Å². The van der Waals surface area contributed by atoms with Crippen molar-refractivity contribution in [2.45, 2.75) is 19.6 Å². The van der Waals surface area contributed by atoms with Crippen molar-refractivity contribution in [3.63, 3.8) is 0 Å². The average Bonchev–Trinajstić information content (AvgIpc) is 2.66. The summed E-state index contributed by atoms with van der Waals surface area (Å²) >= 11 is 0. The largest absolute Gasteiger partial charge is 0.484 e. The highest BCUT2D eigenvalue weighted by Crippen LogP contribution is 2.18. The maximum absolute atomic E-state index is 12.3. The SMILES string of the molecule is C[C@H](OC(=O)c1ccc(OCC(N)=O)cc1)C(=O)c1ccc(OC(F)F)cc1. The molecule has 9 heteroatoms. The molecule has 0 spiro atoms. The monoisotopic (exact) mass is 393 g/mol. The maximum atomic E-state index is 12.3. The zero-order valence-electron chi connectivity index (χ0n) is 14.8. The molecule has 2 aromatic carbocycles. The van der Waals surface area contributed by atoms with Gasteiger partial charge in [-0.05, 0) is 55.5 Å². The Morgan fingerprint density at radius 1 is 0.929 bits per heavy atom. The van der Waals surface area contributed by atoms with Gasteiger partial charge in [-0.1, -0.05) is 0 Å². The number of ether oxygens (including phenoxy) is 3. The number of hydrogen-bond acceptors (Lipinski definition) is 6. The van der Waals surface area contributed by atoms with E-state index in [2.05, 4.69) is 4.74 Å². The molecule has 0 aliphatic carbocycles. The number of carbonyl (C=O) groups is 3. The molecular formula is C19H17F2NO6. The predicted octanol–water partition coefficient (Wildman–Crippen LogP) is 2.58. The third kappa shape index (κ3) is 6.04. The van der Waals surface area contributed by atoms with Crippen LogP contribution in [0.1, 0.15) is 27.6 Å². The van der Waals surface area contributed by atoms with Gasteiger partial charge in [-0.15, -0.1) is 0 Å². The van der Waals surface area contributed by atoms with E-state index in [0.717, 1.165) is 0 Å². The fourth-order valence-electron chi connectivity index (χ4n) is 2.16. The van der Waals surface area contributed by atoms with Crippen LogP contribution in [0.4, 0.5) is 8.78 Å². The number of alkyl halides is 2. The number of Topliss-reactive ketones (excluding diaryl/α,β-unsaturated/α-hetero) is 1. The number of rotatable bonds is 9. The van der Waals surface area contributed by atoms with Gasteiger partial charge in [0.2, 0.25) is 5.78 Å². The highest BCUT2D eigenvalue weighted by molar-refractivity contribution is 6.01. The summed E-state index contributed by atoms with van der Waals surface area (Å²) in [6.45, 7) is -1.86. The normalized spacial score (nSPS) is 11.6. The van der Waals surface area contributed by atoms with Crippen LogP contribution in [0.2, 0.25) is 0 Å². The summed E-state index contributed by atoms with van der Waals surface area (Å²) < 4.78 is 38.7. The van der Waals surface area contributed by atoms with Gasteiger partial charge in [0.25, 0.3) is 5.91 Å². The van der Waals surface area contributed by atoms with Crippen LogP contribution in [0, 0.1) is 0 Å². The minimum absolute atomic E-state index is 0.0881. The molecule has 2 aromatic rings. The van der Waals surface area contributed by atoms with Gasteiger partial charge in [0, 0.05) is 5.56 Å². The third-order valence-corrected chi connectivity index (χ3v) is 3.49. The van der Waals surface area contributed by atoms with E-state index in [1.54, 1.807) is 0 Å². The van der Waals surface area contributed by atoms with E-state index in [1.807, 2.05) is 0 Å². The Balaban J connectivity index is 1.95. The summed E-state index contributed by atoms with van der Waals surface area (Å²) in [5.74, 6) is -1.62. The summed E-state index contributed by atoms with van der Waals surface area (Å²) in [4.78, 5) is 35.1. The fraction of sp³-hybridized carbons (Fsp3) is 0.211. The molecule has 0 aliphatic rings. The summed E-state index contributed by atoms with van der Waals surface area (Å²) in [7, 11) is 0. The van der Waals surface area contributed by atoms with Crippen molar-refractivity contribution in [2.24, 2.45) is 5.73 Å². The lowest BCUT2D eigenvalue weighted by atomic mass is 10.1. The number of halogens is 2. The summed E-state index contributed by atoms with van der Waals surface area (Å²) in [6, 6.07) is 10.8. The molecule has 0 aliphatic heterocycles. The Morgan fingerprint density at radius 2 is 1.46 bits per heavy atom. The molecule has 28 heavy (non-hydrogen) atoms. The van der Waals surface area contributed by atoms with Gasteiger partial charge < -0.3 is 19.9 Å². The summed E-state index contributed by atoms with van der Waals surface area (Å²) in [5.41, 5.74) is 5.32. The van der Waals surface area contributed by atoms with E-state index < -0.39 is 30.4 Å². The first-order chi connectivity index (χ1) is 13.3. The first-order valence-corrected chi connectivity index (χ1v) is 8.07. The molecule has 148 valence electrons. The highest BCUT2D eigenvalue weighted by Gasteiger charge is 2.20. The second kappa shape index (κ2) is 9.45. The van der Waals surface area contributed by atoms with Crippen molar-refractivity contribution >= 4 is 17.7 Å². The quantitative estimate of drug-likeness (QED) is 0.519. The lowest BCUT2D eigenvalue weighted by molar-refractivity contribution is -0.119. The van der Waals surface area contributed by atoms with Gasteiger partial charge in [0.05, 0.1) is 5.56 Å². The van der Waals surface area contributed by atoms with Crippen LogP contribution in [-0.4, -0.2) is 37.0 Å². The first-order valence-electron chi connectivity index (χ1n) is 8.07. The van der Waals surface area contributed by atoms with Crippen LogP contribution in [0.15, 0.2) is 48.5 Å². The lowest BCUT2D eigenvalue weighted by Gasteiger charge is -2.13. The molecule has 0 heterocycles. The molecule has 1 atom stereocenters. The number of hydrogen-bond donors (Lipinski definition) is 1. The molecule has 2 rings (SSSR count). The van der Waals surface area contributed by atoms with E-state index in [4.69, 9.17) is 15.2 Å². The zero-order chi connectivity index (χ0) is 20.7. The van der Waals surface area contributed by atoms with E-state index in [-0.39, 0.29) is 23.5 Å². The standard InChI is InChI=1S/C19H17F2NO6/c1-11(17(24)12-2-8-15(9-3-12)28-19(20)21)27-18(25)13-4-6-14(7-5-13)26-10-16(22)23/h2-9,11,19H,10H2,1H3,(H2,22,23)/t11-/m0/s1. The number of ketones is 1. The maximum Gasteiger partial charge on any atom is 0.387 e. The molecule has 0 fully saturated rings. The van der Waals surface area contributed by atoms with E-state index in [1.165, 1.54) is 55.5 Å². The van der Waals surface area contributed by atoms with Crippen LogP contribution in [0.25, 0.3) is 0 Å². The zero-order valence-corrected chi connectivity index (χ0v) is 14.8. The van der Waals surface area contributed by atoms with Crippen LogP contribution in [0.3, 0.4) is 0 Å². The van der Waals surface area contributed by atoms with Crippen molar-refractivity contribution in [2.75, 3.05) is 6.61 Å². The van der Waals surface area contributed by atoms with E-state index in [0.29, 0.717) is 5.75 Å². The van der Waals surface area contributed by atoms with Crippen LogP contribution in [0.5, 0.6) is 11.5 Å². The Bertz CT molecular complexity index is 837. The fourth-order valence-corrected chi connectivity index (χ4v) is 2.16. The topological polar surface area (TPSA) is 105 Å². The Kier molecular flexibility index (Phi) is 7.02. The molecule has 7 nitrogen and oxygen atoms in total. The molecule has 0 saturated heterocycles. The minimum atomic E-state index is -2.96. The Labute approximate surface area is 159 Å². The summed E-state index contributed by atoms with van der Waals surface area (Å²) in [5, 5.41) is 0. The van der Waals surface area contributed by atoms with E-state index in [9.17, 15) is 23.2 Å². The van der Waals surface area contributed by atoms with Gasteiger partial charge in [-0.3, -0.25) is 9.59 Å². The van der Waals surface area contributed by atoms with Crippen molar-refractivity contribution in [3.8, 4) is 11.5 Å². The Hall–Kier alpha value is -3.49. The van der Waals surface area contributed by atoms with Gasteiger partial charge >= 0.3 is 12.6 Å². The van der Waals surface area contributed by atoms with Gasteiger partial charge in [0.15, 0.2) is 12.7 Å². The lowest BCUT2D eigenvalue weighted by Crippen LogP contribution is -2.24. The van der Waals surface area contributed by atoms with Gasteiger partial charge in [-0.2, -0.15) is 8.78 Å². The Morgan fingerprint density at radius 3 is 2.00 bits per heavy atom.